The van der Waals surface area contributed by atoms with Gasteiger partial charge in [-0.1, -0.05) is 25.1 Å². The van der Waals surface area contributed by atoms with Crippen molar-refractivity contribution in [2.45, 2.75) is 19.8 Å². The molecule has 0 atom stereocenters. The van der Waals surface area contributed by atoms with E-state index >= 15 is 0 Å². The van der Waals surface area contributed by atoms with Crippen molar-refractivity contribution < 1.29 is 28.8 Å². The SMILES string of the molecule is CCCCOC(=O)/C=C1/CSC(c2ccc(OCCOCCOC)cc2O)=N1. The van der Waals surface area contributed by atoms with Crippen LogP contribution in [-0.4, -0.2) is 62.0 Å². The maximum absolute atomic E-state index is 11.8. The van der Waals surface area contributed by atoms with E-state index in [0.717, 1.165) is 12.8 Å². The maximum atomic E-state index is 11.8. The van der Waals surface area contributed by atoms with E-state index in [1.807, 2.05) is 6.92 Å². The van der Waals surface area contributed by atoms with Gasteiger partial charge in [0.05, 0.1) is 32.1 Å². The van der Waals surface area contributed by atoms with Crippen molar-refractivity contribution in [1.82, 2.24) is 0 Å². The number of unbranched alkanes of at least 4 members (excludes halogenated alkanes) is 1. The normalized spacial score (nSPS) is 14.9. The Kier molecular flexibility index (Phi) is 9.88. The average Bonchev–Trinajstić information content (AvgIpc) is 3.13. The van der Waals surface area contributed by atoms with Gasteiger partial charge in [-0.2, -0.15) is 0 Å². The summed E-state index contributed by atoms with van der Waals surface area (Å²) >= 11 is 1.46. The summed E-state index contributed by atoms with van der Waals surface area (Å²) < 4.78 is 20.9. The molecule has 28 heavy (non-hydrogen) atoms. The molecule has 0 saturated carbocycles. The van der Waals surface area contributed by atoms with Gasteiger partial charge in [0.15, 0.2) is 0 Å². The Hall–Kier alpha value is -2.03. The lowest BCUT2D eigenvalue weighted by Gasteiger charge is -2.09. The van der Waals surface area contributed by atoms with Gasteiger partial charge in [0, 0.05) is 30.6 Å². The van der Waals surface area contributed by atoms with Crippen LogP contribution in [-0.2, 0) is 19.0 Å². The van der Waals surface area contributed by atoms with Crippen LogP contribution in [0.1, 0.15) is 25.3 Å². The largest absolute Gasteiger partial charge is 0.507 e. The topological polar surface area (TPSA) is 86.6 Å². The number of phenols is 1. The smallest absolute Gasteiger partial charge is 0.332 e. The highest BCUT2D eigenvalue weighted by Gasteiger charge is 2.18. The summed E-state index contributed by atoms with van der Waals surface area (Å²) in [5, 5.41) is 11.0. The lowest BCUT2D eigenvalue weighted by atomic mass is 10.2. The summed E-state index contributed by atoms with van der Waals surface area (Å²) in [6, 6.07) is 5.08. The first-order valence-corrected chi connectivity index (χ1v) is 10.2. The second-order valence-corrected chi connectivity index (χ2v) is 6.96. The van der Waals surface area contributed by atoms with Gasteiger partial charge >= 0.3 is 5.97 Å². The summed E-state index contributed by atoms with van der Waals surface area (Å²) in [4.78, 5) is 16.2. The highest BCUT2D eigenvalue weighted by Crippen LogP contribution is 2.32. The monoisotopic (exact) mass is 409 g/mol. The molecule has 0 amide bonds. The van der Waals surface area contributed by atoms with Crippen molar-refractivity contribution >= 4 is 22.8 Å². The summed E-state index contributed by atoms with van der Waals surface area (Å²) in [6.45, 7) is 4.34. The summed E-state index contributed by atoms with van der Waals surface area (Å²) in [5.41, 5.74) is 1.24. The number of aliphatic imine (C=N–C) groups is 1. The fourth-order valence-corrected chi connectivity index (χ4v) is 3.23. The molecule has 2 rings (SSSR count). The molecule has 1 aliphatic rings. The summed E-state index contributed by atoms with van der Waals surface area (Å²) in [5.74, 6) is 0.815. The number of benzene rings is 1. The highest BCUT2D eigenvalue weighted by atomic mass is 32.2. The predicted molar refractivity (Wildman–Crippen MR) is 109 cm³/mol. The molecular weight excluding hydrogens is 382 g/mol. The van der Waals surface area contributed by atoms with Gasteiger partial charge < -0.3 is 24.1 Å². The molecule has 0 bridgehead atoms. The van der Waals surface area contributed by atoms with E-state index < -0.39 is 0 Å². The number of thioether (sulfide) groups is 1. The molecule has 1 aromatic carbocycles. The molecule has 0 unspecified atom stereocenters. The Morgan fingerprint density at radius 1 is 1.25 bits per heavy atom. The molecule has 7 nitrogen and oxygen atoms in total. The van der Waals surface area contributed by atoms with Crippen LogP contribution in [0, 0.1) is 0 Å². The molecule has 8 heteroatoms. The Labute approximate surface area is 169 Å². The van der Waals surface area contributed by atoms with E-state index in [4.69, 9.17) is 18.9 Å². The number of rotatable bonds is 12. The van der Waals surface area contributed by atoms with Crippen molar-refractivity contribution in [3.05, 3.63) is 35.5 Å². The van der Waals surface area contributed by atoms with E-state index in [1.165, 1.54) is 17.8 Å². The second-order valence-electron chi connectivity index (χ2n) is 5.99. The molecule has 1 N–H and O–H groups in total. The molecule has 0 aromatic heterocycles. The molecule has 0 fully saturated rings. The molecule has 1 aliphatic heterocycles. The third-order valence-corrected chi connectivity index (χ3v) is 4.78. The minimum Gasteiger partial charge on any atom is -0.507 e. The standard InChI is InChI=1S/C20H27NO6S/c1-3-4-7-27-19(23)12-15-14-28-20(21-15)17-6-5-16(13-18(17)22)26-11-10-25-9-8-24-2/h5-6,12-13,22H,3-4,7-11,14H2,1-2H3/b15-12-. The molecule has 0 radical (unpaired) electrons. The molecule has 0 saturated heterocycles. The molecule has 0 aliphatic carbocycles. The maximum Gasteiger partial charge on any atom is 0.332 e. The number of carbonyl (C=O) groups is 1. The third-order valence-electron chi connectivity index (χ3n) is 3.76. The lowest BCUT2D eigenvalue weighted by Crippen LogP contribution is -2.10. The number of hydrogen-bond donors (Lipinski definition) is 1. The zero-order valence-corrected chi connectivity index (χ0v) is 17.1. The van der Waals surface area contributed by atoms with E-state index in [1.54, 1.807) is 25.3 Å². The number of nitrogens with zero attached hydrogens (tertiary/aromatic N) is 1. The van der Waals surface area contributed by atoms with Crippen LogP contribution >= 0.6 is 11.8 Å². The van der Waals surface area contributed by atoms with Crippen LogP contribution < -0.4 is 4.74 Å². The van der Waals surface area contributed by atoms with Crippen molar-refractivity contribution in [3.63, 3.8) is 0 Å². The first-order chi connectivity index (χ1) is 13.6. The fraction of sp³-hybridized carbons (Fsp3) is 0.500. The van der Waals surface area contributed by atoms with Gasteiger partial charge in [0.25, 0.3) is 0 Å². The average molecular weight is 410 g/mol. The Morgan fingerprint density at radius 2 is 2.07 bits per heavy atom. The molecule has 1 aromatic rings. The second kappa shape index (κ2) is 12.4. The van der Waals surface area contributed by atoms with Crippen LogP contribution in [0.2, 0.25) is 0 Å². The molecule has 154 valence electrons. The van der Waals surface area contributed by atoms with E-state index in [-0.39, 0.29) is 11.7 Å². The van der Waals surface area contributed by atoms with Crippen LogP contribution in [0.3, 0.4) is 0 Å². The molecule has 1 heterocycles. The number of methoxy groups -OCH3 is 1. The number of carbonyl (C=O) groups excluding carboxylic acids is 1. The molecule has 0 spiro atoms. The van der Waals surface area contributed by atoms with Crippen molar-refractivity contribution in [2.24, 2.45) is 4.99 Å². The van der Waals surface area contributed by atoms with Crippen LogP contribution in [0.15, 0.2) is 35.0 Å². The van der Waals surface area contributed by atoms with E-state index in [0.29, 0.717) is 60.8 Å². The first-order valence-electron chi connectivity index (χ1n) is 9.25. The van der Waals surface area contributed by atoms with E-state index in [9.17, 15) is 9.90 Å². The number of phenolic OH excluding ortho intramolecular Hbond substituents is 1. The van der Waals surface area contributed by atoms with Crippen LogP contribution in [0.5, 0.6) is 11.5 Å². The Balaban J connectivity index is 1.88. The van der Waals surface area contributed by atoms with Crippen LogP contribution in [0.25, 0.3) is 0 Å². The minimum atomic E-state index is -0.380. The fourth-order valence-electron chi connectivity index (χ4n) is 2.29. The predicted octanol–water partition coefficient (Wildman–Crippen LogP) is 3.15. The number of aromatic hydroxyl groups is 1. The van der Waals surface area contributed by atoms with Crippen molar-refractivity contribution in [1.29, 1.82) is 0 Å². The quantitative estimate of drug-likeness (QED) is 0.322. The minimum absolute atomic E-state index is 0.0795. The first kappa shape index (κ1) is 22.3. The van der Waals surface area contributed by atoms with Crippen molar-refractivity contribution in [3.8, 4) is 11.5 Å². The van der Waals surface area contributed by atoms with Gasteiger partial charge in [-0.25, -0.2) is 9.79 Å². The van der Waals surface area contributed by atoms with Crippen LogP contribution in [0.4, 0.5) is 0 Å². The number of ether oxygens (including phenoxy) is 4. The van der Waals surface area contributed by atoms with Gasteiger partial charge in [-0.3, -0.25) is 0 Å². The van der Waals surface area contributed by atoms with E-state index in [2.05, 4.69) is 4.99 Å². The van der Waals surface area contributed by atoms with Crippen molar-refractivity contribution in [2.75, 3.05) is 45.9 Å². The van der Waals surface area contributed by atoms with Gasteiger partial charge in [0.2, 0.25) is 0 Å². The highest BCUT2D eigenvalue weighted by molar-refractivity contribution is 8.14. The third kappa shape index (κ3) is 7.53. The Bertz CT molecular complexity index is 704. The summed E-state index contributed by atoms with van der Waals surface area (Å²) in [7, 11) is 1.62. The lowest BCUT2D eigenvalue weighted by molar-refractivity contribution is -0.137. The van der Waals surface area contributed by atoms with Gasteiger partial charge in [0.1, 0.15) is 23.1 Å². The number of esters is 1. The molecular formula is C20H27NO6S. The summed E-state index contributed by atoms with van der Waals surface area (Å²) in [6.07, 6.45) is 3.23. The van der Waals surface area contributed by atoms with Gasteiger partial charge in [-0.05, 0) is 18.6 Å². The number of hydrogen-bond acceptors (Lipinski definition) is 8. The Morgan fingerprint density at radius 3 is 2.82 bits per heavy atom. The zero-order chi connectivity index (χ0) is 20.2. The zero-order valence-electron chi connectivity index (χ0n) is 16.3. The van der Waals surface area contributed by atoms with Gasteiger partial charge in [-0.15, -0.1) is 0 Å².